The number of anilines is 1. The van der Waals surface area contributed by atoms with Gasteiger partial charge >= 0.3 is 0 Å². The van der Waals surface area contributed by atoms with Crippen LogP contribution in [0.15, 0.2) is 66.7 Å². The first-order valence-electron chi connectivity index (χ1n) is 12.1. The summed E-state index contributed by atoms with van der Waals surface area (Å²) in [7, 11) is 1.69. The van der Waals surface area contributed by atoms with Crippen LogP contribution < -0.4 is 4.90 Å². The van der Waals surface area contributed by atoms with E-state index in [9.17, 15) is 9.18 Å². The number of halogens is 1. The quantitative estimate of drug-likeness (QED) is 0.320. The molecule has 1 aromatic heterocycles. The van der Waals surface area contributed by atoms with E-state index in [0.29, 0.717) is 24.8 Å². The fourth-order valence-electron chi connectivity index (χ4n) is 4.64. The topological polar surface area (TPSA) is 42.4 Å². The van der Waals surface area contributed by atoms with Crippen molar-refractivity contribution >= 4 is 11.6 Å². The molecule has 1 saturated carbocycles. The molecule has 0 unspecified atom stereocenters. The minimum Gasteiger partial charge on any atom is -0.380 e. The predicted octanol–water partition coefficient (Wildman–Crippen LogP) is 6.61. The monoisotopic (exact) mass is 460 g/mol. The molecule has 0 N–H and O–H groups in total. The van der Waals surface area contributed by atoms with E-state index in [4.69, 9.17) is 4.74 Å². The molecule has 0 bridgehead atoms. The van der Waals surface area contributed by atoms with Crippen LogP contribution in [-0.4, -0.2) is 24.5 Å². The van der Waals surface area contributed by atoms with Crippen molar-refractivity contribution in [2.75, 3.05) is 18.6 Å². The first kappa shape index (κ1) is 24.1. The highest BCUT2D eigenvalue weighted by Gasteiger charge is 2.47. The SMILES string of the molecule is CCC[C@H](C)CN(C(=O)[C@@H]1C[C@H]1c1cccc(F)n1)c1ccc(-c2ccc(COC)cc2)cc1. The van der Waals surface area contributed by atoms with E-state index in [0.717, 1.165) is 41.6 Å². The molecule has 1 aliphatic carbocycles. The molecule has 3 aromatic rings. The smallest absolute Gasteiger partial charge is 0.230 e. The van der Waals surface area contributed by atoms with Crippen molar-refractivity contribution in [1.29, 1.82) is 0 Å². The molecule has 0 radical (unpaired) electrons. The van der Waals surface area contributed by atoms with Gasteiger partial charge in [-0.1, -0.05) is 62.7 Å². The number of nitrogens with zero attached hydrogens (tertiary/aromatic N) is 2. The molecule has 1 heterocycles. The standard InChI is InChI=1S/C29H33FN2O2/c1-4-6-20(2)18-32(29(33)26-17-25(26)27-7-5-8-28(30)31-27)24-15-13-23(14-16-24)22-11-9-21(10-12-22)19-34-3/h5,7-16,20,25-26H,4,6,17-19H2,1-3H3/t20-,25+,26+/m0/s1. The lowest BCUT2D eigenvalue weighted by molar-refractivity contribution is -0.120. The van der Waals surface area contributed by atoms with Crippen LogP contribution in [0.2, 0.25) is 0 Å². The van der Waals surface area contributed by atoms with Gasteiger partial charge in [-0.25, -0.2) is 4.98 Å². The van der Waals surface area contributed by atoms with E-state index in [1.807, 2.05) is 23.1 Å². The summed E-state index contributed by atoms with van der Waals surface area (Å²) in [5.41, 5.74) is 4.95. The number of rotatable bonds is 10. The molecular weight excluding hydrogens is 427 g/mol. The molecule has 0 spiro atoms. The average Bonchev–Trinajstić information content (AvgIpc) is 3.64. The molecule has 1 amide bonds. The van der Waals surface area contributed by atoms with Gasteiger partial charge in [0.25, 0.3) is 0 Å². The van der Waals surface area contributed by atoms with Gasteiger partial charge in [-0.05, 0) is 59.7 Å². The number of carbonyl (C=O) groups excluding carboxylic acids is 1. The van der Waals surface area contributed by atoms with E-state index in [2.05, 4.69) is 55.2 Å². The molecule has 34 heavy (non-hydrogen) atoms. The van der Waals surface area contributed by atoms with Crippen LogP contribution in [-0.2, 0) is 16.1 Å². The molecule has 178 valence electrons. The highest BCUT2D eigenvalue weighted by Crippen LogP contribution is 2.48. The minimum atomic E-state index is -0.491. The summed E-state index contributed by atoms with van der Waals surface area (Å²) in [6.07, 6.45) is 2.87. The maximum absolute atomic E-state index is 13.6. The number of aromatic nitrogens is 1. The summed E-state index contributed by atoms with van der Waals surface area (Å²) in [6, 6.07) is 21.4. The zero-order valence-corrected chi connectivity index (χ0v) is 20.2. The Hall–Kier alpha value is -3.05. The number of pyridine rings is 1. The molecule has 0 saturated heterocycles. The number of carbonyl (C=O) groups is 1. The predicted molar refractivity (Wildman–Crippen MR) is 134 cm³/mol. The third kappa shape index (κ3) is 5.71. The van der Waals surface area contributed by atoms with Gasteiger partial charge in [0.2, 0.25) is 11.9 Å². The fraction of sp³-hybridized carbons (Fsp3) is 0.379. The Kier molecular flexibility index (Phi) is 7.73. The first-order valence-corrected chi connectivity index (χ1v) is 12.1. The van der Waals surface area contributed by atoms with Crippen molar-refractivity contribution in [3.8, 4) is 11.1 Å². The lowest BCUT2D eigenvalue weighted by atomic mass is 10.0. The molecule has 0 aliphatic heterocycles. The summed E-state index contributed by atoms with van der Waals surface area (Å²) < 4.78 is 18.8. The molecule has 1 aliphatic rings. The largest absolute Gasteiger partial charge is 0.380 e. The number of amides is 1. The van der Waals surface area contributed by atoms with Crippen LogP contribution >= 0.6 is 0 Å². The maximum atomic E-state index is 13.6. The van der Waals surface area contributed by atoms with Crippen LogP contribution in [0.5, 0.6) is 0 Å². The molecule has 4 rings (SSSR count). The summed E-state index contributed by atoms with van der Waals surface area (Å²) >= 11 is 0. The zero-order chi connectivity index (χ0) is 24.1. The van der Waals surface area contributed by atoms with Crippen LogP contribution in [0.4, 0.5) is 10.1 Å². The van der Waals surface area contributed by atoms with E-state index in [1.54, 1.807) is 13.2 Å². The molecule has 1 fully saturated rings. The van der Waals surface area contributed by atoms with E-state index in [-0.39, 0.29) is 17.7 Å². The van der Waals surface area contributed by atoms with Gasteiger partial charge in [-0.2, -0.15) is 4.39 Å². The Morgan fingerprint density at radius 1 is 1.09 bits per heavy atom. The van der Waals surface area contributed by atoms with Gasteiger partial charge in [0.1, 0.15) is 0 Å². The van der Waals surface area contributed by atoms with Gasteiger partial charge < -0.3 is 9.64 Å². The van der Waals surface area contributed by atoms with Gasteiger partial charge in [0.05, 0.1) is 6.61 Å². The minimum absolute atomic E-state index is 0.00271. The number of benzene rings is 2. The third-order valence-corrected chi connectivity index (χ3v) is 6.54. The van der Waals surface area contributed by atoms with Crippen molar-refractivity contribution < 1.29 is 13.9 Å². The van der Waals surface area contributed by atoms with Gasteiger partial charge in [0.15, 0.2) is 0 Å². The molecular formula is C29H33FN2O2. The third-order valence-electron chi connectivity index (χ3n) is 6.54. The number of ether oxygens (including phenoxy) is 1. The lowest BCUT2D eigenvalue weighted by Gasteiger charge is -2.27. The molecule has 2 aromatic carbocycles. The molecule has 4 nitrogen and oxygen atoms in total. The van der Waals surface area contributed by atoms with Crippen molar-refractivity contribution in [2.45, 2.75) is 45.6 Å². The zero-order valence-electron chi connectivity index (χ0n) is 20.2. The Bertz CT molecular complexity index is 1100. The van der Waals surface area contributed by atoms with Crippen LogP contribution in [0.1, 0.15) is 50.3 Å². The number of hydrogen-bond acceptors (Lipinski definition) is 3. The van der Waals surface area contributed by atoms with Gasteiger partial charge in [-0.15, -0.1) is 0 Å². The van der Waals surface area contributed by atoms with Crippen molar-refractivity contribution in [3.05, 3.63) is 83.9 Å². The highest BCUT2D eigenvalue weighted by atomic mass is 19.1. The normalized spacial score (nSPS) is 17.9. The van der Waals surface area contributed by atoms with Gasteiger partial charge in [0, 0.05) is 36.9 Å². The Morgan fingerprint density at radius 2 is 1.76 bits per heavy atom. The molecule has 3 atom stereocenters. The fourth-order valence-corrected chi connectivity index (χ4v) is 4.64. The van der Waals surface area contributed by atoms with Crippen LogP contribution in [0.3, 0.4) is 0 Å². The van der Waals surface area contributed by atoms with E-state index in [1.165, 1.54) is 6.07 Å². The summed E-state index contributed by atoms with van der Waals surface area (Å²) in [5, 5.41) is 0. The lowest BCUT2D eigenvalue weighted by Crippen LogP contribution is -2.36. The Labute approximate surface area is 201 Å². The van der Waals surface area contributed by atoms with Crippen molar-refractivity contribution in [1.82, 2.24) is 4.98 Å². The second-order valence-corrected chi connectivity index (χ2v) is 9.35. The first-order chi connectivity index (χ1) is 16.5. The number of hydrogen-bond donors (Lipinski definition) is 0. The number of methoxy groups -OCH3 is 1. The van der Waals surface area contributed by atoms with Gasteiger partial charge in [-0.3, -0.25) is 4.79 Å². The highest BCUT2D eigenvalue weighted by molar-refractivity contribution is 5.97. The Morgan fingerprint density at radius 3 is 2.38 bits per heavy atom. The van der Waals surface area contributed by atoms with E-state index < -0.39 is 5.95 Å². The van der Waals surface area contributed by atoms with E-state index >= 15 is 0 Å². The maximum Gasteiger partial charge on any atom is 0.230 e. The van der Waals surface area contributed by atoms with Crippen LogP contribution in [0.25, 0.3) is 11.1 Å². The summed E-state index contributed by atoms with van der Waals surface area (Å²) in [5.74, 6) is -0.134. The average molecular weight is 461 g/mol. The van der Waals surface area contributed by atoms with Crippen LogP contribution in [0, 0.1) is 17.8 Å². The Balaban J connectivity index is 1.53. The summed E-state index contributed by atoms with van der Waals surface area (Å²) in [4.78, 5) is 19.5. The second kappa shape index (κ2) is 10.9. The molecule has 5 heteroatoms. The van der Waals surface area contributed by atoms with Crippen molar-refractivity contribution in [3.63, 3.8) is 0 Å². The van der Waals surface area contributed by atoms with Crippen molar-refractivity contribution in [2.24, 2.45) is 11.8 Å². The second-order valence-electron chi connectivity index (χ2n) is 9.35. The summed E-state index contributed by atoms with van der Waals surface area (Å²) in [6.45, 7) is 5.64.